The Morgan fingerprint density at radius 2 is 1.92 bits per heavy atom. The molecular weight excluding hydrogens is 316 g/mol. The lowest BCUT2D eigenvalue weighted by Crippen LogP contribution is -2.10. The molecule has 2 aromatic rings. The Labute approximate surface area is 140 Å². The molecule has 0 spiro atoms. The van der Waals surface area contributed by atoms with Crippen LogP contribution in [0.15, 0.2) is 24.4 Å². The van der Waals surface area contributed by atoms with Crippen molar-refractivity contribution in [2.24, 2.45) is 5.92 Å². The SMILES string of the molecule is CCCC(CCC)Cn1cc(C(=O)O)c2cc(OC(F)F)ccc21. The minimum atomic E-state index is -2.93. The molecule has 1 N–H and O–H groups in total. The van der Waals surface area contributed by atoms with Crippen LogP contribution in [-0.4, -0.2) is 22.3 Å². The van der Waals surface area contributed by atoms with Crippen molar-refractivity contribution in [3.63, 3.8) is 0 Å². The van der Waals surface area contributed by atoms with E-state index < -0.39 is 12.6 Å². The van der Waals surface area contributed by atoms with Crippen LogP contribution in [0.25, 0.3) is 10.9 Å². The molecule has 0 aliphatic carbocycles. The molecule has 6 heteroatoms. The lowest BCUT2D eigenvalue weighted by Gasteiger charge is -2.17. The van der Waals surface area contributed by atoms with Gasteiger partial charge in [-0.1, -0.05) is 26.7 Å². The number of hydrogen-bond acceptors (Lipinski definition) is 2. The quantitative estimate of drug-likeness (QED) is 0.687. The highest BCUT2D eigenvalue weighted by atomic mass is 19.3. The summed E-state index contributed by atoms with van der Waals surface area (Å²) in [5, 5.41) is 9.83. The number of hydrogen-bond donors (Lipinski definition) is 1. The maximum absolute atomic E-state index is 12.4. The lowest BCUT2D eigenvalue weighted by atomic mass is 9.98. The number of benzene rings is 1. The highest BCUT2D eigenvalue weighted by Crippen LogP contribution is 2.29. The van der Waals surface area contributed by atoms with Gasteiger partial charge in [-0.05, 0) is 37.0 Å². The van der Waals surface area contributed by atoms with Crippen LogP contribution in [-0.2, 0) is 6.54 Å². The zero-order chi connectivity index (χ0) is 17.7. The average Bonchev–Trinajstić information content (AvgIpc) is 2.85. The number of aromatic nitrogens is 1. The number of rotatable bonds is 9. The molecule has 132 valence electrons. The fourth-order valence-electron chi connectivity index (χ4n) is 3.20. The Bertz CT molecular complexity index is 691. The number of alkyl halides is 2. The highest BCUT2D eigenvalue weighted by Gasteiger charge is 2.18. The number of fused-ring (bicyclic) bond motifs is 1. The molecule has 0 fully saturated rings. The van der Waals surface area contributed by atoms with Crippen molar-refractivity contribution in [3.8, 4) is 5.75 Å². The minimum Gasteiger partial charge on any atom is -0.478 e. The van der Waals surface area contributed by atoms with Crippen LogP contribution in [0.4, 0.5) is 8.78 Å². The second kappa shape index (κ2) is 8.13. The van der Waals surface area contributed by atoms with Crippen molar-refractivity contribution in [2.75, 3.05) is 0 Å². The van der Waals surface area contributed by atoms with Gasteiger partial charge in [-0.3, -0.25) is 0 Å². The van der Waals surface area contributed by atoms with Crippen LogP contribution >= 0.6 is 0 Å². The Morgan fingerprint density at radius 1 is 1.25 bits per heavy atom. The van der Waals surface area contributed by atoms with E-state index in [4.69, 9.17) is 0 Å². The molecule has 0 saturated heterocycles. The largest absolute Gasteiger partial charge is 0.478 e. The predicted molar refractivity (Wildman–Crippen MR) is 88.8 cm³/mol. The molecule has 0 radical (unpaired) electrons. The number of carboxylic acids is 1. The summed E-state index contributed by atoms with van der Waals surface area (Å²) < 4.78 is 31.1. The van der Waals surface area contributed by atoms with Crippen LogP contribution in [0.1, 0.15) is 49.9 Å². The van der Waals surface area contributed by atoms with Gasteiger partial charge in [0.2, 0.25) is 0 Å². The number of carboxylic acid groups (broad SMARTS) is 1. The van der Waals surface area contributed by atoms with E-state index >= 15 is 0 Å². The Hall–Kier alpha value is -2.11. The second-order valence-corrected chi connectivity index (χ2v) is 6.00. The van der Waals surface area contributed by atoms with Gasteiger partial charge in [-0.25, -0.2) is 4.79 Å². The maximum atomic E-state index is 12.4. The topological polar surface area (TPSA) is 51.5 Å². The first-order valence-corrected chi connectivity index (χ1v) is 8.27. The summed E-state index contributed by atoms with van der Waals surface area (Å²) in [6.07, 6.45) is 5.88. The molecule has 0 atom stereocenters. The second-order valence-electron chi connectivity index (χ2n) is 6.00. The van der Waals surface area contributed by atoms with Gasteiger partial charge in [0.25, 0.3) is 0 Å². The highest BCUT2D eigenvalue weighted by molar-refractivity contribution is 6.03. The van der Waals surface area contributed by atoms with Gasteiger partial charge in [-0.2, -0.15) is 8.78 Å². The van der Waals surface area contributed by atoms with E-state index in [0.717, 1.165) is 37.7 Å². The fraction of sp³-hybridized carbons (Fsp3) is 0.500. The van der Waals surface area contributed by atoms with Gasteiger partial charge in [0.1, 0.15) is 5.75 Å². The average molecular weight is 339 g/mol. The summed E-state index contributed by atoms with van der Waals surface area (Å²) in [5.74, 6) is -0.638. The number of ether oxygens (including phenoxy) is 1. The molecule has 1 aromatic heterocycles. The van der Waals surface area contributed by atoms with Gasteiger partial charge in [-0.15, -0.1) is 0 Å². The Balaban J connectivity index is 2.41. The van der Waals surface area contributed by atoms with E-state index in [-0.39, 0.29) is 11.3 Å². The van der Waals surface area contributed by atoms with Gasteiger partial charge >= 0.3 is 12.6 Å². The number of aromatic carboxylic acids is 1. The van der Waals surface area contributed by atoms with Gasteiger partial charge < -0.3 is 14.4 Å². The molecular formula is C18H23F2NO3. The van der Waals surface area contributed by atoms with Crippen LogP contribution in [0.5, 0.6) is 5.75 Å². The van der Waals surface area contributed by atoms with Crippen LogP contribution in [0.3, 0.4) is 0 Å². The molecule has 0 unspecified atom stereocenters. The standard InChI is InChI=1S/C18H23F2NO3/c1-3-5-12(6-4-2)10-21-11-15(17(22)23)14-9-13(24-18(19)20)7-8-16(14)21/h7-9,11-12,18H,3-6,10H2,1-2H3,(H,22,23). The summed E-state index contributed by atoms with van der Waals surface area (Å²) in [6, 6.07) is 4.47. The molecule has 1 heterocycles. The molecule has 0 bridgehead atoms. The van der Waals surface area contributed by atoms with Crippen molar-refractivity contribution in [1.29, 1.82) is 0 Å². The summed E-state index contributed by atoms with van der Waals surface area (Å²) in [4.78, 5) is 11.5. The van der Waals surface area contributed by atoms with E-state index in [1.807, 2.05) is 4.57 Å². The molecule has 0 aliphatic heterocycles. The first kappa shape index (κ1) is 18.2. The summed E-state index contributed by atoms with van der Waals surface area (Å²) in [5.41, 5.74) is 0.836. The molecule has 0 saturated carbocycles. The summed E-state index contributed by atoms with van der Waals surface area (Å²) in [7, 11) is 0. The zero-order valence-corrected chi connectivity index (χ0v) is 14.0. The molecule has 1 aromatic carbocycles. The zero-order valence-electron chi connectivity index (χ0n) is 14.0. The molecule has 0 amide bonds. The third-order valence-electron chi connectivity index (χ3n) is 4.16. The third-order valence-corrected chi connectivity index (χ3v) is 4.16. The van der Waals surface area contributed by atoms with E-state index in [2.05, 4.69) is 18.6 Å². The number of nitrogens with zero attached hydrogens (tertiary/aromatic N) is 1. The van der Waals surface area contributed by atoms with Gasteiger partial charge in [0.05, 0.1) is 5.56 Å². The lowest BCUT2D eigenvalue weighted by molar-refractivity contribution is -0.0497. The Morgan fingerprint density at radius 3 is 2.46 bits per heavy atom. The van der Waals surface area contributed by atoms with Crippen molar-refractivity contribution < 1.29 is 23.4 Å². The van der Waals surface area contributed by atoms with Crippen molar-refractivity contribution >= 4 is 16.9 Å². The molecule has 0 aliphatic rings. The van der Waals surface area contributed by atoms with Crippen molar-refractivity contribution in [3.05, 3.63) is 30.0 Å². The maximum Gasteiger partial charge on any atom is 0.387 e. The van der Waals surface area contributed by atoms with Crippen molar-refractivity contribution in [1.82, 2.24) is 4.57 Å². The summed E-state index contributed by atoms with van der Waals surface area (Å²) >= 11 is 0. The van der Waals surface area contributed by atoms with Crippen LogP contribution in [0.2, 0.25) is 0 Å². The molecule has 24 heavy (non-hydrogen) atoms. The van der Waals surface area contributed by atoms with Gasteiger partial charge in [0, 0.05) is 23.6 Å². The Kier molecular flexibility index (Phi) is 6.17. The third kappa shape index (κ3) is 4.24. The first-order chi connectivity index (χ1) is 11.5. The van der Waals surface area contributed by atoms with Crippen LogP contribution in [0, 0.1) is 5.92 Å². The predicted octanol–water partition coefficient (Wildman–Crippen LogP) is 5.16. The number of halogens is 2. The monoisotopic (exact) mass is 339 g/mol. The molecule has 4 nitrogen and oxygen atoms in total. The van der Waals surface area contributed by atoms with Crippen LogP contribution < -0.4 is 4.74 Å². The normalized spacial score (nSPS) is 11.6. The van der Waals surface area contributed by atoms with Gasteiger partial charge in [0.15, 0.2) is 0 Å². The van der Waals surface area contributed by atoms with E-state index in [1.165, 1.54) is 12.1 Å². The fourth-order valence-corrected chi connectivity index (χ4v) is 3.20. The number of carbonyl (C=O) groups is 1. The molecule has 2 rings (SSSR count). The van der Waals surface area contributed by atoms with E-state index in [0.29, 0.717) is 11.3 Å². The van der Waals surface area contributed by atoms with E-state index in [1.54, 1.807) is 12.3 Å². The smallest absolute Gasteiger partial charge is 0.387 e. The minimum absolute atomic E-state index is 0.0311. The van der Waals surface area contributed by atoms with E-state index in [9.17, 15) is 18.7 Å². The van der Waals surface area contributed by atoms with Crippen molar-refractivity contribution in [2.45, 2.75) is 52.7 Å². The first-order valence-electron chi connectivity index (χ1n) is 8.27. The summed E-state index contributed by atoms with van der Waals surface area (Å²) in [6.45, 7) is 2.05.